The van der Waals surface area contributed by atoms with Gasteiger partial charge in [-0.15, -0.1) is 34.0 Å². The van der Waals surface area contributed by atoms with Gasteiger partial charge in [-0.2, -0.15) is 0 Å². The summed E-state index contributed by atoms with van der Waals surface area (Å²) in [5.74, 6) is 0.358. The van der Waals surface area contributed by atoms with Gasteiger partial charge >= 0.3 is 0 Å². The number of carbonyl (C=O) groups is 2. The Morgan fingerprint density at radius 3 is 2.41 bits per heavy atom. The molecule has 1 fully saturated rings. The molecule has 0 bridgehead atoms. The van der Waals surface area contributed by atoms with Gasteiger partial charge in [0.2, 0.25) is 5.91 Å². The van der Waals surface area contributed by atoms with E-state index < -0.39 is 0 Å². The number of amides is 2. The SMILES string of the molecule is O=C(c1cccs1)N1CCC(C(=O)N2CCc3sccc3[C@H]2c2cccs2)CC1. The molecule has 2 aliphatic rings. The van der Waals surface area contributed by atoms with E-state index in [1.165, 1.54) is 26.7 Å². The highest BCUT2D eigenvalue weighted by Gasteiger charge is 2.38. The fourth-order valence-electron chi connectivity index (χ4n) is 4.43. The lowest BCUT2D eigenvalue weighted by Gasteiger charge is -2.39. The number of hydrogen-bond donors (Lipinski definition) is 0. The van der Waals surface area contributed by atoms with E-state index in [2.05, 4.69) is 33.9 Å². The Hall–Kier alpha value is -1.96. The van der Waals surface area contributed by atoms with Crippen LogP contribution in [0.1, 0.15) is 43.9 Å². The maximum Gasteiger partial charge on any atom is 0.263 e. The van der Waals surface area contributed by atoms with E-state index in [4.69, 9.17) is 0 Å². The van der Waals surface area contributed by atoms with Crippen LogP contribution in [0.5, 0.6) is 0 Å². The van der Waals surface area contributed by atoms with E-state index in [1.54, 1.807) is 22.7 Å². The quantitative estimate of drug-likeness (QED) is 0.579. The van der Waals surface area contributed by atoms with E-state index in [-0.39, 0.29) is 23.8 Å². The van der Waals surface area contributed by atoms with Gasteiger partial charge in [0.1, 0.15) is 0 Å². The zero-order valence-corrected chi connectivity index (χ0v) is 18.4. The van der Waals surface area contributed by atoms with Crippen LogP contribution in [0.25, 0.3) is 0 Å². The minimum atomic E-state index is 0.00466. The lowest BCUT2D eigenvalue weighted by Crippen LogP contribution is -2.47. The summed E-state index contributed by atoms with van der Waals surface area (Å²) < 4.78 is 0. The average molecular weight is 443 g/mol. The molecule has 5 heterocycles. The minimum absolute atomic E-state index is 0.00466. The Bertz CT molecular complexity index is 985. The molecule has 0 unspecified atom stereocenters. The van der Waals surface area contributed by atoms with Crippen molar-refractivity contribution in [1.29, 1.82) is 0 Å². The monoisotopic (exact) mass is 442 g/mol. The van der Waals surface area contributed by atoms with Gasteiger partial charge < -0.3 is 9.80 Å². The third-order valence-electron chi connectivity index (χ3n) is 5.93. The zero-order chi connectivity index (χ0) is 19.8. The van der Waals surface area contributed by atoms with Crippen LogP contribution >= 0.6 is 34.0 Å². The molecule has 3 aromatic rings. The Kier molecular flexibility index (Phi) is 5.28. The molecule has 0 saturated carbocycles. The van der Waals surface area contributed by atoms with Crippen molar-refractivity contribution < 1.29 is 9.59 Å². The number of carbonyl (C=O) groups excluding carboxylic acids is 2. The molecule has 0 aromatic carbocycles. The third-order valence-corrected chi connectivity index (χ3v) is 8.70. The first-order valence-corrected chi connectivity index (χ1v) is 12.6. The average Bonchev–Trinajstić information content (AvgIpc) is 3.54. The summed E-state index contributed by atoms with van der Waals surface area (Å²) in [5.41, 5.74) is 1.29. The van der Waals surface area contributed by atoms with Gasteiger partial charge in [-0.25, -0.2) is 0 Å². The topological polar surface area (TPSA) is 40.6 Å². The van der Waals surface area contributed by atoms with Crippen molar-refractivity contribution in [2.24, 2.45) is 5.92 Å². The smallest absolute Gasteiger partial charge is 0.263 e. The second-order valence-electron chi connectivity index (χ2n) is 7.54. The van der Waals surface area contributed by atoms with Gasteiger partial charge in [0, 0.05) is 35.3 Å². The van der Waals surface area contributed by atoms with Gasteiger partial charge in [0.15, 0.2) is 0 Å². The molecule has 0 aliphatic carbocycles. The summed E-state index contributed by atoms with van der Waals surface area (Å²) in [6, 6.07) is 10.2. The standard InChI is InChI=1S/C22H22N2O2S3/c25-21(15-5-9-23(10-6-15)22(26)19-4-2-13-28-19)24-11-7-17-16(8-14-29-17)20(24)18-3-1-12-27-18/h1-4,8,12-15,20H,5-7,9-11H2/t20-/m0/s1. The van der Waals surface area contributed by atoms with Gasteiger partial charge in [-0.3, -0.25) is 9.59 Å². The predicted octanol–water partition coefficient (Wildman–Crippen LogP) is 4.90. The third kappa shape index (κ3) is 3.56. The lowest BCUT2D eigenvalue weighted by molar-refractivity contribution is -0.139. The van der Waals surface area contributed by atoms with Crippen molar-refractivity contribution in [1.82, 2.24) is 9.80 Å². The van der Waals surface area contributed by atoms with E-state index in [0.29, 0.717) is 13.1 Å². The summed E-state index contributed by atoms with van der Waals surface area (Å²) in [6.07, 6.45) is 2.44. The Labute approximate surface area is 182 Å². The highest BCUT2D eigenvalue weighted by atomic mass is 32.1. The molecule has 1 atom stereocenters. The van der Waals surface area contributed by atoms with Crippen LogP contribution in [0, 0.1) is 5.92 Å². The van der Waals surface area contributed by atoms with Gasteiger partial charge in [-0.1, -0.05) is 12.1 Å². The summed E-state index contributed by atoms with van der Waals surface area (Å²) in [6.45, 7) is 2.10. The van der Waals surface area contributed by atoms with Crippen molar-refractivity contribution in [3.8, 4) is 0 Å². The fourth-order valence-corrected chi connectivity index (χ4v) is 6.88. The lowest BCUT2D eigenvalue weighted by atomic mass is 9.91. The molecule has 5 rings (SSSR count). The van der Waals surface area contributed by atoms with Crippen molar-refractivity contribution in [2.45, 2.75) is 25.3 Å². The van der Waals surface area contributed by atoms with Crippen molar-refractivity contribution in [3.05, 3.63) is 66.7 Å². The number of nitrogens with zero attached hydrogens (tertiary/aromatic N) is 2. The number of rotatable bonds is 3. The molecule has 150 valence electrons. The summed E-state index contributed by atoms with van der Waals surface area (Å²) >= 11 is 5.01. The number of hydrogen-bond acceptors (Lipinski definition) is 5. The maximum atomic E-state index is 13.5. The number of thiophene rings is 3. The molecular weight excluding hydrogens is 420 g/mol. The minimum Gasteiger partial charge on any atom is -0.338 e. The Balaban J connectivity index is 1.31. The van der Waals surface area contributed by atoms with Gasteiger partial charge in [0.05, 0.1) is 10.9 Å². The van der Waals surface area contributed by atoms with Crippen LogP contribution in [0.3, 0.4) is 0 Å². The molecule has 0 radical (unpaired) electrons. The zero-order valence-electron chi connectivity index (χ0n) is 16.0. The highest BCUT2D eigenvalue weighted by Crippen LogP contribution is 2.40. The molecular formula is C22H22N2O2S3. The summed E-state index contributed by atoms with van der Waals surface area (Å²) in [7, 11) is 0. The van der Waals surface area contributed by atoms with Crippen LogP contribution in [0.4, 0.5) is 0 Å². The molecule has 1 saturated heterocycles. The molecule has 2 amide bonds. The Morgan fingerprint density at radius 2 is 1.69 bits per heavy atom. The van der Waals surface area contributed by atoms with Gasteiger partial charge in [0.25, 0.3) is 5.91 Å². The van der Waals surface area contributed by atoms with Crippen LogP contribution in [0.2, 0.25) is 0 Å². The summed E-state index contributed by atoms with van der Waals surface area (Å²) in [5, 5.41) is 6.17. The first kappa shape index (κ1) is 19.0. The normalized spacial score (nSPS) is 19.9. The second-order valence-corrected chi connectivity index (χ2v) is 10.5. The van der Waals surface area contributed by atoms with E-state index >= 15 is 0 Å². The van der Waals surface area contributed by atoms with Crippen LogP contribution in [0.15, 0.2) is 46.5 Å². The van der Waals surface area contributed by atoms with Crippen molar-refractivity contribution >= 4 is 45.8 Å². The van der Waals surface area contributed by atoms with Crippen molar-refractivity contribution in [3.63, 3.8) is 0 Å². The Morgan fingerprint density at radius 1 is 0.897 bits per heavy atom. The van der Waals surface area contributed by atoms with Crippen LogP contribution < -0.4 is 0 Å². The molecule has 0 N–H and O–H groups in total. The molecule has 4 nitrogen and oxygen atoms in total. The molecule has 3 aromatic heterocycles. The first-order valence-electron chi connectivity index (χ1n) is 9.95. The molecule has 2 aliphatic heterocycles. The van der Waals surface area contributed by atoms with E-state index in [0.717, 1.165) is 30.7 Å². The predicted molar refractivity (Wildman–Crippen MR) is 119 cm³/mol. The molecule has 7 heteroatoms. The maximum absolute atomic E-state index is 13.5. The first-order chi connectivity index (χ1) is 14.2. The van der Waals surface area contributed by atoms with Gasteiger partial charge in [-0.05, 0) is 59.2 Å². The highest BCUT2D eigenvalue weighted by molar-refractivity contribution is 7.12. The molecule has 0 spiro atoms. The van der Waals surface area contributed by atoms with Crippen molar-refractivity contribution in [2.75, 3.05) is 19.6 Å². The number of piperidine rings is 1. The summed E-state index contributed by atoms with van der Waals surface area (Å²) in [4.78, 5) is 33.6. The number of likely N-dealkylation sites (tertiary alicyclic amines) is 1. The van der Waals surface area contributed by atoms with Crippen LogP contribution in [-0.4, -0.2) is 41.2 Å². The van der Waals surface area contributed by atoms with E-state index in [9.17, 15) is 9.59 Å². The number of fused-ring (bicyclic) bond motifs is 1. The molecule has 29 heavy (non-hydrogen) atoms. The van der Waals surface area contributed by atoms with E-state index in [1.807, 2.05) is 22.4 Å². The van der Waals surface area contributed by atoms with Crippen LogP contribution in [-0.2, 0) is 11.2 Å². The fraction of sp³-hybridized carbons (Fsp3) is 0.364. The second kappa shape index (κ2) is 8.05. The largest absolute Gasteiger partial charge is 0.338 e.